The molecule has 0 aliphatic heterocycles. The maximum Gasteiger partial charge on any atom is 0.250 e. The Morgan fingerprint density at radius 1 is 1.28 bits per heavy atom. The van der Waals surface area contributed by atoms with Crippen LogP contribution in [0.1, 0.15) is 30.9 Å². The molecule has 0 aliphatic rings. The number of thiocarbonyl (C=S) groups is 1. The minimum atomic E-state index is -0.318. The number of hydrogen-bond donors (Lipinski definition) is 2. The predicted octanol–water partition coefficient (Wildman–Crippen LogP) is 5.61. The van der Waals surface area contributed by atoms with Crippen LogP contribution < -0.4 is 15.4 Å². The number of nitrogens with zero attached hydrogens (tertiary/aromatic N) is 1. The van der Waals surface area contributed by atoms with Crippen LogP contribution in [0.15, 0.2) is 42.5 Å². The van der Waals surface area contributed by atoms with Gasteiger partial charge in [-0.25, -0.2) is 4.98 Å². The zero-order valence-corrected chi connectivity index (χ0v) is 18.5. The van der Waals surface area contributed by atoms with Crippen LogP contribution in [0.3, 0.4) is 0 Å². The molecule has 150 valence electrons. The summed E-state index contributed by atoms with van der Waals surface area (Å²) in [5, 5.41) is 6.76. The molecular weight excluding hydrogens is 426 g/mol. The van der Waals surface area contributed by atoms with Crippen LogP contribution in [-0.2, 0) is 4.79 Å². The SMILES string of the molecule is COc1cc2sc(NC(=S)NC(=O)/C=C/c3ccc(C(C)C)cc3)nc2cc1Cl. The standard InChI is InChI=1S/C21H20ClN3O2S2/c1-12(2)14-7-4-13(5-8-14)6-9-19(26)24-20(28)25-21-23-16-10-15(22)17(27-3)11-18(16)29-21/h4-12H,1-3H3,(H2,23,24,25,26,28)/b9-6+. The molecule has 0 radical (unpaired) electrons. The third-order valence-electron chi connectivity index (χ3n) is 4.15. The highest BCUT2D eigenvalue weighted by molar-refractivity contribution is 7.80. The van der Waals surface area contributed by atoms with Crippen molar-refractivity contribution in [1.29, 1.82) is 0 Å². The van der Waals surface area contributed by atoms with Crippen LogP contribution in [0.2, 0.25) is 5.02 Å². The third-order valence-corrected chi connectivity index (χ3v) is 5.58. The number of thiazole rings is 1. The smallest absolute Gasteiger partial charge is 0.250 e. The Morgan fingerprint density at radius 3 is 2.66 bits per heavy atom. The fraction of sp³-hybridized carbons (Fsp3) is 0.190. The molecule has 3 rings (SSSR count). The Labute approximate surface area is 183 Å². The number of carbonyl (C=O) groups is 1. The van der Waals surface area contributed by atoms with Crippen molar-refractivity contribution in [2.75, 3.05) is 12.4 Å². The van der Waals surface area contributed by atoms with Crippen molar-refractivity contribution >= 4 is 67.6 Å². The lowest BCUT2D eigenvalue weighted by Gasteiger charge is -2.05. The monoisotopic (exact) mass is 445 g/mol. The van der Waals surface area contributed by atoms with E-state index in [4.69, 9.17) is 28.6 Å². The van der Waals surface area contributed by atoms with E-state index in [9.17, 15) is 4.79 Å². The van der Waals surface area contributed by atoms with Gasteiger partial charge in [-0.3, -0.25) is 10.1 Å². The number of carbonyl (C=O) groups excluding carboxylic acids is 1. The molecule has 0 unspecified atom stereocenters. The summed E-state index contributed by atoms with van der Waals surface area (Å²) >= 11 is 12.7. The molecule has 0 spiro atoms. The lowest BCUT2D eigenvalue weighted by atomic mass is 10.0. The van der Waals surface area contributed by atoms with Gasteiger partial charge in [0.25, 0.3) is 0 Å². The maximum absolute atomic E-state index is 12.1. The minimum Gasteiger partial charge on any atom is -0.495 e. The molecule has 2 N–H and O–H groups in total. The lowest BCUT2D eigenvalue weighted by Crippen LogP contribution is -2.32. The molecule has 5 nitrogen and oxygen atoms in total. The highest BCUT2D eigenvalue weighted by Crippen LogP contribution is 2.34. The van der Waals surface area contributed by atoms with E-state index < -0.39 is 0 Å². The van der Waals surface area contributed by atoms with E-state index >= 15 is 0 Å². The number of rotatable bonds is 5. The van der Waals surface area contributed by atoms with Crippen molar-refractivity contribution in [2.24, 2.45) is 0 Å². The van der Waals surface area contributed by atoms with Crippen molar-refractivity contribution in [3.8, 4) is 5.75 Å². The molecule has 0 bridgehead atoms. The first-order valence-corrected chi connectivity index (χ1v) is 10.5. The van der Waals surface area contributed by atoms with E-state index in [1.807, 2.05) is 18.2 Å². The second-order valence-corrected chi connectivity index (χ2v) is 8.42. The zero-order valence-electron chi connectivity index (χ0n) is 16.2. The van der Waals surface area contributed by atoms with Gasteiger partial charge in [-0.1, -0.05) is 61.1 Å². The van der Waals surface area contributed by atoms with Gasteiger partial charge in [0.2, 0.25) is 5.91 Å². The Kier molecular flexibility index (Phi) is 6.84. The number of ether oxygens (including phenoxy) is 1. The molecule has 1 heterocycles. The number of nitrogens with one attached hydrogen (secondary N) is 2. The number of benzene rings is 2. The summed E-state index contributed by atoms with van der Waals surface area (Å²) < 4.78 is 6.11. The second-order valence-electron chi connectivity index (χ2n) is 6.57. The van der Waals surface area contributed by atoms with Crippen LogP contribution in [0, 0.1) is 0 Å². The van der Waals surface area contributed by atoms with Gasteiger partial charge < -0.3 is 10.1 Å². The average molecular weight is 446 g/mol. The quantitative estimate of drug-likeness (QED) is 0.395. The topological polar surface area (TPSA) is 63.2 Å². The number of methoxy groups -OCH3 is 1. The summed E-state index contributed by atoms with van der Waals surface area (Å²) in [5.74, 6) is 0.734. The molecule has 0 saturated heterocycles. The highest BCUT2D eigenvalue weighted by Gasteiger charge is 2.10. The van der Waals surface area contributed by atoms with E-state index in [1.54, 1.807) is 19.3 Å². The van der Waals surface area contributed by atoms with E-state index in [1.165, 1.54) is 23.0 Å². The van der Waals surface area contributed by atoms with Crippen LogP contribution >= 0.6 is 35.2 Å². The molecule has 1 amide bonds. The molecular formula is C21H20ClN3O2S2. The van der Waals surface area contributed by atoms with Crippen LogP contribution in [-0.4, -0.2) is 23.1 Å². The van der Waals surface area contributed by atoms with Crippen molar-refractivity contribution < 1.29 is 9.53 Å². The fourth-order valence-corrected chi connectivity index (χ4v) is 3.96. The van der Waals surface area contributed by atoms with Crippen LogP contribution in [0.25, 0.3) is 16.3 Å². The lowest BCUT2D eigenvalue weighted by molar-refractivity contribution is -0.115. The molecule has 1 aromatic heterocycles. The Morgan fingerprint density at radius 2 is 2.00 bits per heavy atom. The summed E-state index contributed by atoms with van der Waals surface area (Å²) in [6.45, 7) is 4.28. The molecule has 2 aromatic carbocycles. The first-order valence-electron chi connectivity index (χ1n) is 8.90. The summed E-state index contributed by atoms with van der Waals surface area (Å²) in [6, 6.07) is 11.6. The fourth-order valence-electron chi connectivity index (χ4n) is 2.59. The summed E-state index contributed by atoms with van der Waals surface area (Å²) in [7, 11) is 1.56. The highest BCUT2D eigenvalue weighted by atomic mass is 35.5. The van der Waals surface area contributed by atoms with Crippen molar-refractivity contribution in [3.05, 3.63) is 58.6 Å². The van der Waals surface area contributed by atoms with E-state index in [0.29, 0.717) is 21.8 Å². The Hall–Kier alpha value is -2.48. The number of aromatic nitrogens is 1. The van der Waals surface area contributed by atoms with Gasteiger partial charge in [-0.05, 0) is 41.4 Å². The Bertz CT molecular complexity index is 1080. The zero-order chi connectivity index (χ0) is 21.0. The molecule has 0 fully saturated rings. The number of halogens is 1. The van der Waals surface area contributed by atoms with Gasteiger partial charge in [-0.2, -0.15) is 0 Å². The molecule has 0 atom stereocenters. The van der Waals surface area contributed by atoms with Crippen molar-refractivity contribution in [2.45, 2.75) is 19.8 Å². The average Bonchev–Trinajstić information content (AvgIpc) is 3.06. The van der Waals surface area contributed by atoms with Gasteiger partial charge >= 0.3 is 0 Å². The molecule has 8 heteroatoms. The molecule has 0 aliphatic carbocycles. The number of hydrogen-bond acceptors (Lipinski definition) is 5. The first-order chi connectivity index (χ1) is 13.9. The summed E-state index contributed by atoms with van der Waals surface area (Å²) in [6.07, 6.45) is 3.19. The minimum absolute atomic E-state index is 0.173. The van der Waals surface area contributed by atoms with Crippen molar-refractivity contribution in [1.82, 2.24) is 10.3 Å². The second kappa shape index (κ2) is 9.35. The first kappa shape index (κ1) is 21.2. The van der Waals surface area contributed by atoms with Gasteiger partial charge in [0.15, 0.2) is 10.2 Å². The van der Waals surface area contributed by atoms with E-state index in [0.717, 1.165) is 15.8 Å². The molecule has 0 saturated carbocycles. The summed E-state index contributed by atoms with van der Waals surface area (Å²) in [5.41, 5.74) is 2.93. The van der Waals surface area contributed by atoms with Gasteiger partial charge in [0.1, 0.15) is 5.75 Å². The van der Waals surface area contributed by atoms with Crippen molar-refractivity contribution in [3.63, 3.8) is 0 Å². The van der Waals surface area contributed by atoms with Crippen LogP contribution in [0.5, 0.6) is 5.75 Å². The number of anilines is 1. The van der Waals surface area contributed by atoms with Gasteiger partial charge in [-0.15, -0.1) is 0 Å². The number of fused-ring (bicyclic) bond motifs is 1. The largest absolute Gasteiger partial charge is 0.495 e. The third kappa shape index (κ3) is 5.53. The molecule has 3 aromatic rings. The van der Waals surface area contributed by atoms with E-state index in [2.05, 4.69) is 41.6 Å². The predicted molar refractivity (Wildman–Crippen MR) is 125 cm³/mol. The molecule has 29 heavy (non-hydrogen) atoms. The Balaban J connectivity index is 1.59. The van der Waals surface area contributed by atoms with Crippen LogP contribution in [0.4, 0.5) is 5.13 Å². The summed E-state index contributed by atoms with van der Waals surface area (Å²) in [4.78, 5) is 16.5. The number of amides is 1. The van der Waals surface area contributed by atoms with Gasteiger partial charge in [0, 0.05) is 12.1 Å². The van der Waals surface area contributed by atoms with Gasteiger partial charge in [0.05, 0.1) is 22.3 Å². The normalized spacial score (nSPS) is 11.2. The van der Waals surface area contributed by atoms with E-state index in [-0.39, 0.29) is 11.0 Å². The maximum atomic E-state index is 12.1.